The highest BCUT2D eigenvalue weighted by molar-refractivity contribution is 5.72. The lowest BCUT2D eigenvalue weighted by Gasteiger charge is -2.06. The molecule has 1 fully saturated rings. The summed E-state index contributed by atoms with van der Waals surface area (Å²) in [6.45, 7) is 1.19. The van der Waals surface area contributed by atoms with Crippen LogP contribution in [0, 0.1) is 17.4 Å². The minimum Gasteiger partial charge on any atom is -0.469 e. The van der Waals surface area contributed by atoms with Crippen LogP contribution < -0.4 is 0 Å². The summed E-state index contributed by atoms with van der Waals surface area (Å²) in [5.41, 5.74) is 0. The number of esters is 1. The first-order valence-corrected chi connectivity index (χ1v) is 3.50. The number of methoxy groups -OCH3 is 1. The van der Waals surface area contributed by atoms with Crippen molar-refractivity contribution in [1.29, 1.82) is 5.26 Å². The molecule has 4 heteroatoms. The Bertz CT molecular complexity index is 197. The quantitative estimate of drug-likeness (QED) is 0.393. The molecule has 0 aromatic rings. The number of nitrogens with zero attached hydrogens (tertiary/aromatic N) is 2. The molecule has 1 unspecified atom stereocenters. The monoisotopic (exact) mass is 154 g/mol. The van der Waals surface area contributed by atoms with Crippen molar-refractivity contribution >= 4 is 5.97 Å². The van der Waals surface area contributed by atoms with E-state index >= 15 is 0 Å². The van der Waals surface area contributed by atoms with Crippen molar-refractivity contribution in [2.45, 2.75) is 6.42 Å². The van der Waals surface area contributed by atoms with E-state index in [4.69, 9.17) is 5.26 Å². The number of nitriles is 1. The highest BCUT2D eigenvalue weighted by Crippen LogP contribution is 2.15. The Morgan fingerprint density at radius 1 is 1.82 bits per heavy atom. The molecule has 0 amide bonds. The average Bonchev–Trinajstić information content (AvgIpc) is 2.50. The Labute approximate surface area is 65.4 Å². The molecular weight excluding hydrogens is 144 g/mol. The fourth-order valence-electron chi connectivity index (χ4n) is 1.21. The van der Waals surface area contributed by atoms with Crippen LogP contribution in [0.15, 0.2) is 0 Å². The number of hydrogen-bond donors (Lipinski definition) is 0. The summed E-state index contributed by atoms with van der Waals surface area (Å²) in [5.74, 6) is -0.303. The molecule has 60 valence electrons. The van der Waals surface area contributed by atoms with E-state index in [1.807, 2.05) is 6.19 Å². The molecule has 0 N–H and O–H groups in total. The summed E-state index contributed by atoms with van der Waals surface area (Å²) in [7, 11) is 1.37. The van der Waals surface area contributed by atoms with Crippen LogP contribution in [0.5, 0.6) is 0 Å². The van der Waals surface area contributed by atoms with Crippen molar-refractivity contribution in [2.75, 3.05) is 20.2 Å². The van der Waals surface area contributed by atoms with Gasteiger partial charge in [0, 0.05) is 13.1 Å². The number of carbonyl (C=O) groups excluding carboxylic acids is 1. The van der Waals surface area contributed by atoms with E-state index in [9.17, 15) is 4.79 Å². The van der Waals surface area contributed by atoms with Gasteiger partial charge in [-0.1, -0.05) is 0 Å². The molecule has 1 saturated heterocycles. The fourth-order valence-corrected chi connectivity index (χ4v) is 1.21. The maximum atomic E-state index is 10.9. The molecule has 1 aliphatic rings. The Balaban J connectivity index is 2.43. The molecule has 1 atom stereocenters. The van der Waals surface area contributed by atoms with Gasteiger partial charge in [0.05, 0.1) is 13.0 Å². The van der Waals surface area contributed by atoms with E-state index in [0.717, 1.165) is 6.42 Å². The number of hydrogen-bond acceptors (Lipinski definition) is 4. The highest BCUT2D eigenvalue weighted by Gasteiger charge is 2.28. The van der Waals surface area contributed by atoms with Gasteiger partial charge in [0.1, 0.15) is 0 Å². The zero-order valence-corrected chi connectivity index (χ0v) is 6.41. The number of likely N-dealkylation sites (tertiary alicyclic amines) is 1. The minimum atomic E-state index is -0.206. The summed E-state index contributed by atoms with van der Waals surface area (Å²) in [4.78, 5) is 12.5. The van der Waals surface area contributed by atoms with Crippen LogP contribution in [0.4, 0.5) is 0 Å². The molecule has 0 aromatic heterocycles. The Morgan fingerprint density at radius 2 is 2.55 bits per heavy atom. The van der Waals surface area contributed by atoms with Crippen LogP contribution in [0.3, 0.4) is 0 Å². The van der Waals surface area contributed by atoms with Crippen molar-refractivity contribution in [3.63, 3.8) is 0 Å². The molecule has 1 aliphatic heterocycles. The molecule has 0 saturated carbocycles. The second-order valence-electron chi connectivity index (χ2n) is 2.55. The van der Waals surface area contributed by atoms with Crippen LogP contribution in [0.25, 0.3) is 0 Å². The standard InChI is InChI=1S/C7H10N2O2/c1-11-7(10)6-2-3-9(4-6)5-8/h6H,2-4H2,1H3. The fraction of sp³-hybridized carbons (Fsp3) is 0.714. The second-order valence-corrected chi connectivity index (χ2v) is 2.55. The van der Waals surface area contributed by atoms with Gasteiger partial charge in [-0.3, -0.25) is 4.79 Å². The summed E-state index contributed by atoms with van der Waals surface area (Å²) in [6, 6.07) is 0. The van der Waals surface area contributed by atoms with Gasteiger partial charge >= 0.3 is 5.97 Å². The number of carbonyl (C=O) groups is 1. The average molecular weight is 154 g/mol. The summed E-state index contributed by atoms with van der Waals surface area (Å²) in [5, 5.41) is 8.46. The van der Waals surface area contributed by atoms with Gasteiger partial charge in [-0.15, -0.1) is 0 Å². The van der Waals surface area contributed by atoms with E-state index in [-0.39, 0.29) is 11.9 Å². The molecule has 1 rings (SSSR count). The van der Waals surface area contributed by atoms with Gasteiger partial charge in [-0.25, -0.2) is 0 Å². The van der Waals surface area contributed by atoms with Gasteiger partial charge in [-0.2, -0.15) is 5.26 Å². The van der Waals surface area contributed by atoms with E-state index < -0.39 is 0 Å². The SMILES string of the molecule is COC(=O)C1CCN(C#N)C1. The Morgan fingerprint density at radius 3 is 3.00 bits per heavy atom. The zero-order chi connectivity index (χ0) is 8.27. The smallest absolute Gasteiger partial charge is 0.310 e. The highest BCUT2D eigenvalue weighted by atomic mass is 16.5. The van der Waals surface area contributed by atoms with Crippen molar-refractivity contribution in [3.05, 3.63) is 0 Å². The third-order valence-corrected chi connectivity index (χ3v) is 1.86. The third kappa shape index (κ3) is 1.61. The molecule has 11 heavy (non-hydrogen) atoms. The molecule has 0 aliphatic carbocycles. The summed E-state index contributed by atoms with van der Waals surface area (Å²) >= 11 is 0. The lowest BCUT2D eigenvalue weighted by molar-refractivity contribution is -0.144. The maximum Gasteiger partial charge on any atom is 0.310 e. The topological polar surface area (TPSA) is 53.3 Å². The van der Waals surface area contributed by atoms with Crippen molar-refractivity contribution < 1.29 is 9.53 Å². The Hall–Kier alpha value is -1.24. The molecule has 1 heterocycles. The van der Waals surface area contributed by atoms with E-state index in [2.05, 4.69) is 4.74 Å². The molecule has 0 radical (unpaired) electrons. The first-order chi connectivity index (χ1) is 5.27. The third-order valence-electron chi connectivity index (χ3n) is 1.86. The number of ether oxygens (including phenoxy) is 1. The molecule has 4 nitrogen and oxygen atoms in total. The minimum absolute atomic E-state index is 0.0975. The maximum absolute atomic E-state index is 10.9. The molecule has 0 bridgehead atoms. The van der Waals surface area contributed by atoms with Gasteiger partial charge in [-0.05, 0) is 6.42 Å². The van der Waals surface area contributed by atoms with Gasteiger partial charge in [0.2, 0.25) is 0 Å². The number of rotatable bonds is 1. The molecular formula is C7H10N2O2. The summed E-state index contributed by atoms with van der Waals surface area (Å²) in [6.07, 6.45) is 2.73. The van der Waals surface area contributed by atoms with Gasteiger partial charge < -0.3 is 9.64 Å². The lowest BCUT2D eigenvalue weighted by Crippen LogP contribution is -2.20. The molecule has 0 aromatic carbocycles. The van der Waals surface area contributed by atoms with E-state index in [1.54, 1.807) is 4.90 Å². The van der Waals surface area contributed by atoms with Crippen molar-refractivity contribution in [3.8, 4) is 6.19 Å². The van der Waals surface area contributed by atoms with Crippen LogP contribution in [0.2, 0.25) is 0 Å². The van der Waals surface area contributed by atoms with Crippen LogP contribution in [-0.2, 0) is 9.53 Å². The van der Waals surface area contributed by atoms with Gasteiger partial charge in [0.15, 0.2) is 6.19 Å². The predicted octanol–water partition coefficient (Wildman–Crippen LogP) is -0.0376. The Kier molecular flexibility index (Phi) is 2.32. The largest absolute Gasteiger partial charge is 0.469 e. The first kappa shape index (κ1) is 7.86. The molecule has 0 spiro atoms. The van der Waals surface area contributed by atoms with E-state index in [0.29, 0.717) is 13.1 Å². The lowest BCUT2D eigenvalue weighted by atomic mass is 10.1. The second kappa shape index (κ2) is 3.24. The first-order valence-electron chi connectivity index (χ1n) is 3.50. The van der Waals surface area contributed by atoms with Crippen molar-refractivity contribution in [1.82, 2.24) is 4.90 Å². The van der Waals surface area contributed by atoms with Crippen LogP contribution >= 0.6 is 0 Å². The summed E-state index contributed by atoms with van der Waals surface area (Å²) < 4.78 is 4.55. The van der Waals surface area contributed by atoms with Crippen molar-refractivity contribution in [2.24, 2.45) is 5.92 Å². The van der Waals surface area contributed by atoms with E-state index in [1.165, 1.54) is 7.11 Å². The van der Waals surface area contributed by atoms with Crippen LogP contribution in [0.1, 0.15) is 6.42 Å². The zero-order valence-electron chi connectivity index (χ0n) is 6.41. The van der Waals surface area contributed by atoms with Crippen LogP contribution in [-0.4, -0.2) is 31.1 Å². The normalized spacial score (nSPS) is 22.9. The van der Waals surface area contributed by atoms with Gasteiger partial charge in [0.25, 0.3) is 0 Å². The predicted molar refractivity (Wildman–Crippen MR) is 37.3 cm³/mol.